The van der Waals surface area contributed by atoms with Crippen LogP contribution in [0.5, 0.6) is 0 Å². The smallest absolute Gasteiger partial charge is 0.332 e. The molecule has 1 saturated heterocycles. The number of aromatic amines is 1. The van der Waals surface area contributed by atoms with Crippen LogP contribution in [0.2, 0.25) is 0 Å². The molecule has 0 amide bonds. The molecule has 0 atom stereocenters. The number of nitrogens with one attached hydrogen (secondary N) is 1. The van der Waals surface area contributed by atoms with Crippen LogP contribution in [0.15, 0.2) is 76.6 Å². The lowest BCUT2D eigenvalue weighted by Crippen LogP contribution is -2.48. The lowest BCUT2D eigenvalue weighted by atomic mass is 9.96. The minimum absolute atomic E-state index is 0.264. The SMILES string of the molecule is Cn1c(=O)n(CCCCN2CCN(C(c3ccccc3)c3ccccc3)CC2)c(=O)c2[nH]cnc21. The second kappa shape index (κ2) is 10.4. The molecule has 8 nitrogen and oxygen atoms in total. The van der Waals surface area contributed by atoms with Gasteiger partial charge in [0.2, 0.25) is 0 Å². The van der Waals surface area contributed by atoms with Crippen molar-refractivity contribution in [3.05, 3.63) is 99.0 Å². The number of fused-ring (bicyclic) bond motifs is 1. The van der Waals surface area contributed by atoms with E-state index >= 15 is 0 Å². The molecule has 0 bridgehead atoms. The topological polar surface area (TPSA) is 79.2 Å². The molecule has 0 radical (unpaired) electrons. The highest BCUT2D eigenvalue weighted by molar-refractivity contribution is 5.68. The molecular weight excluding hydrogens is 440 g/mol. The van der Waals surface area contributed by atoms with Gasteiger partial charge in [0.25, 0.3) is 5.56 Å². The first-order valence-corrected chi connectivity index (χ1v) is 12.3. The van der Waals surface area contributed by atoms with Crippen molar-refractivity contribution in [1.29, 1.82) is 0 Å². The lowest BCUT2D eigenvalue weighted by molar-refractivity contribution is 0.108. The van der Waals surface area contributed by atoms with Crippen LogP contribution in [0.3, 0.4) is 0 Å². The summed E-state index contributed by atoms with van der Waals surface area (Å²) in [6.45, 7) is 5.42. The highest BCUT2D eigenvalue weighted by Crippen LogP contribution is 2.29. The lowest BCUT2D eigenvalue weighted by Gasteiger charge is -2.39. The maximum atomic E-state index is 12.7. The zero-order chi connectivity index (χ0) is 24.2. The van der Waals surface area contributed by atoms with E-state index in [1.807, 2.05) is 0 Å². The number of rotatable bonds is 8. The van der Waals surface area contributed by atoms with E-state index in [1.165, 1.54) is 26.6 Å². The van der Waals surface area contributed by atoms with Crippen LogP contribution in [-0.2, 0) is 13.6 Å². The van der Waals surface area contributed by atoms with E-state index in [4.69, 9.17) is 0 Å². The minimum atomic E-state index is -0.309. The number of aryl methyl sites for hydroxylation is 1. The Kier molecular flexibility index (Phi) is 6.92. The summed E-state index contributed by atoms with van der Waals surface area (Å²) in [5, 5.41) is 0. The first kappa shape index (κ1) is 23.3. The molecule has 2 aromatic heterocycles. The van der Waals surface area contributed by atoms with Gasteiger partial charge in [-0.2, -0.15) is 0 Å². The number of imidazole rings is 1. The molecule has 0 unspecified atom stereocenters. The molecule has 1 N–H and O–H groups in total. The first-order chi connectivity index (χ1) is 17.1. The van der Waals surface area contributed by atoms with E-state index in [9.17, 15) is 9.59 Å². The second-order valence-electron chi connectivity index (χ2n) is 9.21. The maximum absolute atomic E-state index is 12.7. The molecule has 2 aromatic carbocycles. The summed E-state index contributed by atoms with van der Waals surface area (Å²) in [5.74, 6) is 0. The van der Waals surface area contributed by atoms with Crippen molar-refractivity contribution >= 4 is 11.2 Å². The fourth-order valence-corrected chi connectivity index (χ4v) is 5.12. The van der Waals surface area contributed by atoms with Gasteiger partial charge in [0.15, 0.2) is 5.65 Å². The zero-order valence-corrected chi connectivity index (χ0v) is 20.1. The monoisotopic (exact) mass is 472 g/mol. The molecule has 5 rings (SSSR count). The third kappa shape index (κ3) is 4.85. The van der Waals surface area contributed by atoms with Gasteiger partial charge in [0.05, 0.1) is 12.4 Å². The molecule has 1 fully saturated rings. The molecule has 1 aliphatic heterocycles. The van der Waals surface area contributed by atoms with E-state index in [-0.39, 0.29) is 17.3 Å². The van der Waals surface area contributed by atoms with Crippen molar-refractivity contribution in [3.8, 4) is 0 Å². The third-order valence-corrected chi connectivity index (χ3v) is 7.02. The Labute approximate surface area is 204 Å². The average molecular weight is 473 g/mol. The largest absolute Gasteiger partial charge is 0.339 e. The maximum Gasteiger partial charge on any atom is 0.332 e. The van der Waals surface area contributed by atoms with Gasteiger partial charge >= 0.3 is 5.69 Å². The Balaban J connectivity index is 1.17. The van der Waals surface area contributed by atoms with E-state index in [1.54, 1.807) is 7.05 Å². The number of nitrogens with zero attached hydrogens (tertiary/aromatic N) is 5. The van der Waals surface area contributed by atoms with Gasteiger partial charge in [-0.3, -0.25) is 18.8 Å². The summed E-state index contributed by atoms with van der Waals surface area (Å²) in [5.41, 5.74) is 2.84. The quantitative estimate of drug-likeness (QED) is 0.399. The van der Waals surface area contributed by atoms with Crippen molar-refractivity contribution in [3.63, 3.8) is 0 Å². The van der Waals surface area contributed by atoms with E-state index in [2.05, 4.69) is 80.4 Å². The Hall–Kier alpha value is -3.49. The predicted octanol–water partition coefficient (Wildman–Crippen LogP) is 2.61. The molecule has 4 aromatic rings. The van der Waals surface area contributed by atoms with Crippen LogP contribution in [0.1, 0.15) is 30.0 Å². The van der Waals surface area contributed by atoms with Crippen LogP contribution in [-0.4, -0.2) is 61.6 Å². The Bertz CT molecular complexity index is 1330. The van der Waals surface area contributed by atoms with Gasteiger partial charge in [-0.25, -0.2) is 9.78 Å². The molecule has 0 saturated carbocycles. The highest BCUT2D eigenvalue weighted by Gasteiger charge is 2.26. The molecule has 1 aliphatic rings. The van der Waals surface area contributed by atoms with Gasteiger partial charge < -0.3 is 9.88 Å². The number of hydrogen-bond acceptors (Lipinski definition) is 5. The Morgan fingerprint density at radius 3 is 2.09 bits per heavy atom. The van der Waals surface area contributed by atoms with Crippen LogP contribution in [0.4, 0.5) is 0 Å². The summed E-state index contributed by atoms with van der Waals surface area (Å²) < 4.78 is 2.76. The first-order valence-electron chi connectivity index (χ1n) is 12.3. The summed E-state index contributed by atoms with van der Waals surface area (Å²) >= 11 is 0. The van der Waals surface area contributed by atoms with Gasteiger partial charge in [0.1, 0.15) is 5.52 Å². The van der Waals surface area contributed by atoms with Crippen LogP contribution in [0.25, 0.3) is 11.2 Å². The highest BCUT2D eigenvalue weighted by atomic mass is 16.2. The van der Waals surface area contributed by atoms with Crippen molar-refractivity contribution in [2.24, 2.45) is 7.05 Å². The number of aromatic nitrogens is 4. The van der Waals surface area contributed by atoms with Crippen LogP contribution >= 0.6 is 0 Å². The van der Waals surface area contributed by atoms with Crippen LogP contribution in [0, 0.1) is 0 Å². The van der Waals surface area contributed by atoms with E-state index in [0.29, 0.717) is 17.7 Å². The zero-order valence-electron chi connectivity index (χ0n) is 20.1. The molecular formula is C27H32N6O2. The summed E-state index contributed by atoms with van der Waals surface area (Å²) in [4.78, 5) is 37.2. The summed E-state index contributed by atoms with van der Waals surface area (Å²) in [7, 11) is 1.65. The van der Waals surface area contributed by atoms with Crippen molar-refractivity contribution in [2.45, 2.75) is 25.4 Å². The van der Waals surface area contributed by atoms with Crippen molar-refractivity contribution in [1.82, 2.24) is 28.9 Å². The van der Waals surface area contributed by atoms with E-state index in [0.717, 1.165) is 45.6 Å². The number of unbranched alkanes of at least 4 members (excludes halogenated alkanes) is 1. The predicted molar refractivity (Wildman–Crippen MR) is 138 cm³/mol. The number of piperazine rings is 1. The third-order valence-electron chi connectivity index (χ3n) is 7.02. The van der Waals surface area contributed by atoms with Crippen molar-refractivity contribution < 1.29 is 0 Å². The Morgan fingerprint density at radius 2 is 1.46 bits per heavy atom. The number of hydrogen-bond donors (Lipinski definition) is 1. The standard InChI is InChI=1S/C27H32N6O2/c1-30-25-23(28-20-29-25)26(34)33(27(30)35)15-9-8-14-31-16-18-32(19-17-31)24(21-10-4-2-5-11-21)22-12-6-3-7-13-22/h2-7,10-13,20,24H,8-9,14-19H2,1H3,(H,28,29). The van der Waals surface area contributed by atoms with Crippen molar-refractivity contribution in [2.75, 3.05) is 32.7 Å². The minimum Gasteiger partial charge on any atom is -0.339 e. The average Bonchev–Trinajstić information content (AvgIpc) is 3.40. The van der Waals surface area contributed by atoms with E-state index < -0.39 is 0 Å². The van der Waals surface area contributed by atoms with Gasteiger partial charge in [-0.05, 0) is 30.5 Å². The normalized spacial score (nSPS) is 15.3. The number of H-pyrrole nitrogens is 1. The second-order valence-corrected chi connectivity index (χ2v) is 9.21. The van der Waals surface area contributed by atoms with Crippen LogP contribution < -0.4 is 11.2 Å². The molecule has 35 heavy (non-hydrogen) atoms. The molecule has 3 heterocycles. The Morgan fingerprint density at radius 1 is 0.857 bits per heavy atom. The fourth-order valence-electron chi connectivity index (χ4n) is 5.12. The summed E-state index contributed by atoms with van der Waals surface area (Å²) in [6, 6.07) is 21.7. The molecule has 0 spiro atoms. The molecule has 0 aliphatic carbocycles. The van der Waals surface area contributed by atoms with Gasteiger partial charge in [-0.1, -0.05) is 60.7 Å². The molecule has 182 valence electrons. The van der Waals surface area contributed by atoms with Gasteiger partial charge in [-0.15, -0.1) is 0 Å². The molecule has 8 heteroatoms. The fraction of sp³-hybridized carbons (Fsp3) is 0.370. The number of benzene rings is 2. The summed E-state index contributed by atoms with van der Waals surface area (Å²) in [6.07, 6.45) is 3.18. The van der Waals surface area contributed by atoms with Gasteiger partial charge in [0, 0.05) is 39.8 Å².